The second-order valence-electron chi connectivity index (χ2n) is 3.53. The molecule has 1 N–H and O–H groups in total. The second-order valence-corrected chi connectivity index (χ2v) is 3.91. The second kappa shape index (κ2) is 4.20. The van der Waals surface area contributed by atoms with Crippen molar-refractivity contribution in [3.8, 4) is 0 Å². The number of halogens is 1. The monoisotopic (exact) mass is 211 g/mol. The van der Waals surface area contributed by atoms with Crippen LogP contribution in [0.25, 0.3) is 0 Å². The maximum atomic E-state index is 5.75. The Hall–Kier alpha value is -0.730. The number of rotatable bonds is 3. The van der Waals surface area contributed by atoms with Gasteiger partial charge in [-0.3, -0.25) is 0 Å². The molecule has 0 saturated carbocycles. The molecule has 1 aliphatic rings. The summed E-state index contributed by atoms with van der Waals surface area (Å²) in [6.07, 6.45) is 5.88. The van der Waals surface area contributed by atoms with Crippen molar-refractivity contribution < 1.29 is 4.42 Å². The minimum Gasteiger partial charge on any atom is -0.448 e. The molecule has 0 amide bonds. The van der Waals surface area contributed by atoms with E-state index in [4.69, 9.17) is 16.0 Å². The van der Waals surface area contributed by atoms with Crippen LogP contribution in [-0.4, -0.2) is 7.05 Å². The lowest BCUT2D eigenvalue weighted by molar-refractivity contribution is 0.457. The molecule has 1 aromatic heterocycles. The van der Waals surface area contributed by atoms with Gasteiger partial charge >= 0.3 is 0 Å². The van der Waals surface area contributed by atoms with Crippen LogP contribution in [0, 0.1) is 0 Å². The van der Waals surface area contributed by atoms with Crippen molar-refractivity contribution in [1.82, 2.24) is 5.32 Å². The number of hydrogen-bond acceptors (Lipinski definition) is 2. The van der Waals surface area contributed by atoms with Crippen LogP contribution in [0.5, 0.6) is 0 Å². The fraction of sp³-hybridized carbons (Fsp3) is 0.455. The van der Waals surface area contributed by atoms with Crippen molar-refractivity contribution in [1.29, 1.82) is 0 Å². The molecule has 0 bridgehead atoms. The maximum absolute atomic E-state index is 5.75. The quantitative estimate of drug-likeness (QED) is 0.777. The lowest BCUT2D eigenvalue weighted by atomic mass is 10.0. The zero-order valence-corrected chi connectivity index (χ0v) is 8.97. The van der Waals surface area contributed by atoms with Crippen LogP contribution in [0.4, 0.5) is 0 Å². The van der Waals surface area contributed by atoms with E-state index in [1.807, 2.05) is 13.1 Å². The smallest absolute Gasteiger partial charge is 0.193 e. The first-order valence-electron chi connectivity index (χ1n) is 4.92. The average molecular weight is 212 g/mol. The molecule has 0 aliphatic heterocycles. The van der Waals surface area contributed by atoms with Gasteiger partial charge in [0.1, 0.15) is 5.76 Å². The predicted octanol–water partition coefficient (Wildman–Crippen LogP) is 3.30. The van der Waals surface area contributed by atoms with E-state index < -0.39 is 0 Å². The Morgan fingerprint density at radius 2 is 2.36 bits per heavy atom. The number of allylic oxidation sites excluding steroid dienone is 1. The van der Waals surface area contributed by atoms with Crippen molar-refractivity contribution in [2.24, 2.45) is 0 Å². The zero-order valence-electron chi connectivity index (χ0n) is 8.22. The van der Waals surface area contributed by atoms with Gasteiger partial charge in [0.05, 0.1) is 6.04 Å². The first kappa shape index (κ1) is 9.81. The SMILES string of the molecule is CNC(C1=CCCC1)c1ccc(Cl)o1. The summed E-state index contributed by atoms with van der Waals surface area (Å²) in [4.78, 5) is 0. The summed E-state index contributed by atoms with van der Waals surface area (Å²) in [5.74, 6) is 0.908. The van der Waals surface area contributed by atoms with Crippen LogP contribution >= 0.6 is 11.6 Å². The molecule has 0 saturated heterocycles. The highest BCUT2D eigenvalue weighted by Gasteiger charge is 2.19. The van der Waals surface area contributed by atoms with E-state index in [0.29, 0.717) is 5.22 Å². The Labute approximate surface area is 88.9 Å². The molecular formula is C11H14ClNO. The van der Waals surface area contributed by atoms with Crippen LogP contribution in [0.15, 0.2) is 28.2 Å². The van der Waals surface area contributed by atoms with Crippen molar-refractivity contribution in [3.63, 3.8) is 0 Å². The van der Waals surface area contributed by atoms with E-state index in [1.165, 1.54) is 18.4 Å². The summed E-state index contributed by atoms with van der Waals surface area (Å²) in [7, 11) is 1.94. The Morgan fingerprint density at radius 3 is 2.86 bits per heavy atom. The fourth-order valence-corrected chi connectivity index (χ4v) is 2.10. The van der Waals surface area contributed by atoms with Gasteiger partial charge in [0.2, 0.25) is 0 Å². The Balaban J connectivity index is 2.20. The van der Waals surface area contributed by atoms with E-state index in [9.17, 15) is 0 Å². The van der Waals surface area contributed by atoms with Gasteiger partial charge in [-0.15, -0.1) is 0 Å². The van der Waals surface area contributed by atoms with Gasteiger partial charge in [0.25, 0.3) is 0 Å². The Kier molecular flexibility index (Phi) is 2.94. The van der Waals surface area contributed by atoms with Crippen molar-refractivity contribution >= 4 is 11.6 Å². The largest absolute Gasteiger partial charge is 0.448 e. The van der Waals surface area contributed by atoms with E-state index in [0.717, 1.165) is 12.2 Å². The van der Waals surface area contributed by atoms with Crippen molar-refractivity contribution in [2.45, 2.75) is 25.3 Å². The number of furan rings is 1. The number of likely N-dealkylation sites (N-methyl/N-ethyl adjacent to an activating group) is 1. The van der Waals surface area contributed by atoms with Crippen LogP contribution in [-0.2, 0) is 0 Å². The molecule has 2 rings (SSSR count). The summed E-state index contributed by atoms with van der Waals surface area (Å²) in [5.41, 5.74) is 1.42. The van der Waals surface area contributed by atoms with E-state index >= 15 is 0 Å². The van der Waals surface area contributed by atoms with Crippen LogP contribution in [0.3, 0.4) is 0 Å². The van der Waals surface area contributed by atoms with Gasteiger partial charge in [0.15, 0.2) is 5.22 Å². The Morgan fingerprint density at radius 1 is 1.50 bits per heavy atom. The summed E-state index contributed by atoms with van der Waals surface area (Å²) in [6.45, 7) is 0. The molecule has 0 fully saturated rings. The summed E-state index contributed by atoms with van der Waals surface area (Å²) in [5, 5.41) is 3.71. The molecule has 0 radical (unpaired) electrons. The molecule has 2 nitrogen and oxygen atoms in total. The average Bonchev–Trinajstić information content (AvgIpc) is 2.79. The molecule has 1 heterocycles. The molecule has 1 aromatic rings. The third kappa shape index (κ3) is 1.86. The fourth-order valence-electron chi connectivity index (χ4n) is 1.95. The normalized spacial score (nSPS) is 18.3. The molecule has 1 atom stereocenters. The highest BCUT2D eigenvalue weighted by molar-refractivity contribution is 6.28. The minimum atomic E-state index is 0.199. The van der Waals surface area contributed by atoms with Crippen LogP contribution in [0.1, 0.15) is 31.1 Å². The highest BCUT2D eigenvalue weighted by Crippen LogP contribution is 2.31. The molecule has 1 aliphatic carbocycles. The molecule has 14 heavy (non-hydrogen) atoms. The van der Waals surface area contributed by atoms with E-state index in [-0.39, 0.29) is 6.04 Å². The lowest BCUT2D eigenvalue weighted by Crippen LogP contribution is -2.17. The summed E-state index contributed by atoms with van der Waals surface area (Å²) in [6, 6.07) is 3.92. The number of nitrogens with one attached hydrogen (secondary N) is 1. The third-order valence-corrected chi connectivity index (χ3v) is 2.82. The number of hydrogen-bond donors (Lipinski definition) is 1. The van der Waals surface area contributed by atoms with Gasteiger partial charge in [0, 0.05) is 0 Å². The molecule has 1 unspecified atom stereocenters. The van der Waals surface area contributed by atoms with Gasteiger partial charge in [-0.05, 0) is 55.6 Å². The molecule has 3 heteroatoms. The molecular weight excluding hydrogens is 198 g/mol. The molecule has 0 aromatic carbocycles. The van der Waals surface area contributed by atoms with Crippen LogP contribution in [0.2, 0.25) is 5.22 Å². The summed E-state index contributed by atoms with van der Waals surface area (Å²) < 4.78 is 5.41. The van der Waals surface area contributed by atoms with Gasteiger partial charge in [-0.25, -0.2) is 0 Å². The predicted molar refractivity (Wildman–Crippen MR) is 57.5 cm³/mol. The lowest BCUT2D eigenvalue weighted by Gasteiger charge is -2.14. The standard InChI is InChI=1S/C11H14ClNO/c1-13-11(8-4-2-3-5-8)9-6-7-10(12)14-9/h4,6-7,11,13H,2-3,5H2,1H3. The van der Waals surface area contributed by atoms with E-state index in [1.54, 1.807) is 6.07 Å². The third-order valence-electron chi connectivity index (χ3n) is 2.61. The molecule has 76 valence electrons. The van der Waals surface area contributed by atoms with E-state index in [2.05, 4.69) is 11.4 Å². The first-order chi connectivity index (χ1) is 6.81. The van der Waals surface area contributed by atoms with Crippen molar-refractivity contribution in [3.05, 3.63) is 34.8 Å². The Bertz CT molecular complexity index is 343. The van der Waals surface area contributed by atoms with Crippen molar-refractivity contribution in [2.75, 3.05) is 7.05 Å². The first-order valence-corrected chi connectivity index (χ1v) is 5.30. The molecule has 0 spiro atoms. The highest BCUT2D eigenvalue weighted by atomic mass is 35.5. The minimum absolute atomic E-state index is 0.199. The van der Waals surface area contributed by atoms with Gasteiger partial charge in [-0.2, -0.15) is 0 Å². The van der Waals surface area contributed by atoms with Gasteiger partial charge < -0.3 is 9.73 Å². The maximum Gasteiger partial charge on any atom is 0.193 e. The van der Waals surface area contributed by atoms with Gasteiger partial charge in [-0.1, -0.05) is 6.08 Å². The summed E-state index contributed by atoms with van der Waals surface area (Å²) >= 11 is 5.75. The van der Waals surface area contributed by atoms with Crippen LogP contribution < -0.4 is 5.32 Å². The topological polar surface area (TPSA) is 25.2 Å². The zero-order chi connectivity index (χ0) is 9.97.